The van der Waals surface area contributed by atoms with Crippen molar-refractivity contribution < 1.29 is 23.6 Å². The summed E-state index contributed by atoms with van der Waals surface area (Å²) >= 11 is 0. The van der Waals surface area contributed by atoms with Crippen molar-refractivity contribution in [3.8, 4) is 23.7 Å². The molecule has 0 aliphatic heterocycles. The van der Waals surface area contributed by atoms with Crippen LogP contribution in [0.2, 0.25) is 0 Å². The topological polar surface area (TPSA) is 69.7 Å². The number of carbonyl (C=O) groups is 2. The van der Waals surface area contributed by atoms with E-state index in [1.165, 1.54) is 25.4 Å². The van der Waals surface area contributed by atoms with E-state index >= 15 is 4.57 Å². The van der Waals surface area contributed by atoms with E-state index in [1.807, 2.05) is 91.0 Å². The van der Waals surface area contributed by atoms with Gasteiger partial charge in [0.1, 0.15) is 0 Å². The van der Waals surface area contributed by atoms with Gasteiger partial charge in [-0.3, -0.25) is 0 Å². The van der Waals surface area contributed by atoms with E-state index in [4.69, 9.17) is 9.47 Å². The van der Waals surface area contributed by atoms with Crippen molar-refractivity contribution in [1.29, 1.82) is 0 Å². The van der Waals surface area contributed by atoms with Gasteiger partial charge in [-0.2, -0.15) is 0 Å². The van der Waals surface area contributed by atoms with Gasteiger partial charge in [-0.25, -0.2) is 9.59 Å². The maximum atomic E-state index is 16.6. The Kier molecular flexibility index (Phi) is 11.6. The third-order valence-corrected chi connectivity index (χ3v) is 14.8. The summed E-state index contributed by atoms with van der Waals surface area (Å²) < 4.78 is 26.4. The maximum Gasteiger partial charge on any atom is 0.337 e. The van der Waals surface area contributed by atoms with E-state index in [0.717, 1.165) is 61.8 Å². The Labute approximate surface area is 352 Å². The number of hydrogen-bond acceptors (Lipinski definition) is 5. The SMILES string of the molecule is COC(=O)c1ccc(C#Cc2cc(P(=O)(c3ccccc3)c3ccccc3)c(C3C4=C(C=CC(C)C4)C(C#Cc4ccc(C(=O)OC)cc4)CC3C)c3ccccc23)cc1. The average molecular weight is 805 g/mol. The van der Waals surface area contributed by atoms with Crippen molar-refractivity contribution in [2.45, 2.75) is 32.6 Å². The molecule has 60 heavy (non-hydrogen) atoms. The summed E-state index contributed by atoms with van der Waals surface area (Å²) in [6, 6.07) is 44.6. The summed E-state index contributed by atoms with van der Waals surface area (Å²) in [6.07, 6.45) is 6.25. The van der Waals surface area contributed by atoms with Crippen molar-refractivity contribution in [1.82, 2.24) is 0 Å². The van der Waals surface area contributed by atoms with Crippen LogP contribution >= 0.6 is 7.14 Å². The van der Waals surface area contributed by atoms with Crippen LogP contribution in [0.1, 0.15) is 75.6 Å². The van der Waals surface area contributed by atoms with Gasteiger partial charge in [0.25, 0.3) is 0 Å². The number of fused-ring (bicyclic) bond motifs is 1. The quantitative estimate of drug-likeness (QED) is 0.0953. The number of hydrogen-bond donors (Lipinski definition) is 0. The van der Waals surface area contributed by atoms with Crippen molar-refractivity contribution in [2.24, 2.45) is 17.8 Å². The fraction of sp³-hybridized carbons (Fsp3) is 0.185. The fourth-order valence-corrected chi connectivity index (χ4v) is 11.8. The van der Waals surface area contributed by atoms with Gasteiger partial charge in [-0.1, -0.05) is 140 Å². The highest BCUT2D eigenvalue weighted by Gasteiger charge is 2.42. The van der Waals surface area contributed by atoms with Gasteiger partial charge in [-0.05, 0) is 101 Å². The molecule has 8 rings (SSSR count). The Morgan fingerprint density at radius 2 is 1.18 bits per heavy atom. The Morgan fingerprint density at radius 1 is 0.650 bits per heavy atom. The Balaban J connectivity index is 1.36. The molecule has 2 aliphatic rings. The van der Waals surface area contributed by atoms with Gasteiger partial charge in [0.15, 0.2) is 7.14 Å². The molecule has 6 heteroatoms. The Morgan fingerprint density at radius 3 is 1.75 bits per heavy atom. The summed E-state index contributed by atoms with van der Waals surface area (Å²) in [4.78, 5) is 24.2. The van der Waals surface area contributed by atoms with E-state index in [9.17, 15) is 9.59 Å². The molecule has 4 unspecified atom stereocenters. The van der Waals surface area contributed by atoms with Crippen LogP contribution < -0.4 is 15.9 Å². The summed E-state index contributed by atoms with van der Waals surface area (Å²) in [5, 5.41) is 4.36. The smallest absolute Gasteiger partial charge is 0.337 e. The lowest BCUT2D eigenvalue weighted by Crippen LogP contribution is -2.33. The third-order valence-electron chi connectivity index (χ3n) is 11.7. The second-order valence-electron chi connectivity index (χ2n) is 15.6. The van der Waals surface area contributed by atoms with Gasteiger partial charge in [0.2, 0.25) is 0 Å². The van der Waals surface area contributed by atoms with E-state index in [2.05, 4.69) is 73.9 Å². The third kappa shape index (κ3) is 7.78. The largest absolute Gasteiger partial charge is 0.465 e. The number of rotatable bonds is 6. The molecule has 0 radical (unpaired) electrons. The van der Waals surface area contributed by atoms with Crippen molar-refractivity contribution >= 4 is 45.8 Å². The number of ether oxygens (including phenoxy) is 2. The van der Waals surface area contributed by atoms with Gasteiger partial charge in [0, 0.05) is 44.4 Å². The van der Waals surface area contributed by atoms with E-state index < -0.39 is 13.1 Å². The molecule has 0 N–H and O–H groups in total. The summed E-state index contributed by atoms with van der Waals surface area (Å²) in [5.74, 6) is 13.5. The van der Waals surface area contributed by atoms with Gasteiger partial charge in [-0.15, -0.1) is 0 Å². The lowest BCUT2D eigenvalue weighted by atomic mass is 9.64. The standard InChI is InChI=1S/C54H45O5P/c1-36-19-32-47-42(30-24-38-20-26-40(27-21-38)53(55)58-3)34-37(2)51(49(47)33-36)52-48-18-12-11-17-46(48)43(31-25-39-22-28-41(29-23-39)54(56)59-4)35-50(52)60(57,44-13-7-5-8-14-44)45-15-9-6-10-16-45/h5-23,26-29,32,35-37,42,51H,33-34H2,1-4H3. The number of methoxy groups -OCH3 is 2. The molecule has 296 valence electrons. The molecule has 0 saturated carbocycles. The van der Waals surface area contributed by atoms with Gasteiger partial charge < -0.3 is 14.0 Å². The molecule has 2 aliphatic carbocycles. The fourth-order valence-electron chi connectivity index (χ4n) is 8.83. The van der Waals surface area contributed by atoms with Crippen molar-refractivity contribution in [3.05, 3.63) is 196 Å². The summed E-state index contributed by atoms with van der Waals surface area (Å²) in [5.41, 5.74) is 6.97. The van der Waals surface area contributed by atoms with E-state index in [-0.39, 0.29) is 23.7 Å². The molecule has 0 aromatic heterocycles. The van der Waals surface area contributed by atoms with E-state index in [1.54, 1.807) is 24.3 Å². The molecule has 0 spiro atoms. The first-order valence-corrected chi connectivity index (χ1v) is 22.0. The molecule has 0 heterocycles. The highest BCUT2D eigenvalue weighted by Crippen LogP contribution is 2.53. The first-order valence-electron chi connectivity index (χ1n) is 20.3. The van der Waals surface area contributed by atoms with Crippen LogP contribution in [0.5, 0.6) is 0 Å². The molecule has 0 saturated heterocycles. The van der Waals surface area contributed by atoms with Gasteiger partial charge >= 0.3 is 11.9 Å². The molecule has 0 bridgehead atoms. The zero-order chi connectivity index (χ0) is 41.8. The number of carbonyl (C=O) groups excluding carboxylic acids is 2. The minimum absolute atomic E-state index is 0.00393. The number of esters is 2. The normalized spacial score (nSPS) is 18.3. The Bertz CT molecular complexity index is 2790. The molecular weight excluding hydrogens is 760 g/mol. The predicted molar refractivity (Wildman–Crippen MR) is 242 cm³/mol. The summed E-state index contributed by atoms with van der Waals surface area (Å²) in [7, 11) is -0.773. The lowest BCUT2D eigenvalue weighted by molar-refractivity contribution is 0.0592. The first-order chi connectivity index (χ1) is 29.2. The number of benzene rings is 6. The second kappa shape index (κ2) is 17.3. The minimum Gasteiger partial charge on any atom is -0.465 e. The zero-order valence-corrected chi connectivity index (χ0v) is 35.0. The molecule has 6 aromatic rings. The van der Waals surface area contributed by atoms with Crippen LogP contribution in [0.25, 0.3) is 10.8 Å². The predicted octanol–water partition coefficient (Wildman–Crippen LogP) is 10.1. The molecule has 4 atom stereocenters. The molecule has 0 amide bonds. The summed E-state index contributed by atoms with van der Waals surface area (Å²) in [6.45, 7) is 4.58. The maximum absolute atomic E-state index is 16.6. The van der Waals surface area contributed by atoms with Crippen LogP contribution in [-0.2, 0) is 14.0 Å². The van der Waals surface area contributed by atoms with Crippen molar-refractivity contribution in [2.75, 3.05) is 14.2 Å². The first kappa shape index (κ1) is 40.1. The molecule has 5 nitrogen and oxygen atoms in total. The van der Waals surface area contributed by atoms with Crippen LogP contribution in [0, 0.1) is 41.4 Å². The highest BCUT2D eigenvalue weighted by atomic mass is 31.2. The minimum atomic E-state index is -3.52. The molecular formula is C54H45O5P. The van der Waals surface area contributed by atoms with Gasteiger partial charge in [0.05, 0.1) is 25.3 Å². The molecule has 6 aromatic carbocycles. The van der Waals surface area contributed by atoms with Crippen LogP contribution in [-0.4, -0.2) is 26.2 Å². The lowest BCUT2D eigenvalue weighted by Gasteiger charge is -2.41. The van der Waals surface area contributed by atoms with Crippen LogP contribution in [0.3, 0.4) is 0 Å². The zero-order valence-electron chi connectivity index (χ0n) is 34.1. The van der Waals surface area contributed by atoms with E-state index in [0.29, 0.717) is 17.0 Å². The monoisotopic (exact) mass is 804 g/mol. The molecule has 0 fully saturated rings. The second-order valence-corrected chi connectivity index (χ2v) is 18.3. The highest BCUT2D eigenvalue weighted by molar-refractivity contribution is 7.85. The van der Waals surface area contributed by atoms with Crippen LogP contribution in [0.4, 0.5) is 0 Å². The number of allylic oxidation sites excluding steroid dienone is 4. The van der Waals surface area contributed by atoms with Crippen LogP contribution in [0.15, 0.2) is 163 Å². The Hall–Kier alpha value is -6.65. The average Bonchev–Trinajstić information content (AvgIpc) is 3.30. The van der Waals surface area contributed by atoms with Crippen molar-refractivity contribution in [3.63, 3.8) is 0 Å².